The third-order valence-electron chi connectivity index (χ3n) is 2.59. The summed E-state index contributed by atoms with van der Waals surface area (Å²) < 4.78 is 0. The van der Waals surface area contributed by atoms with Crippen molar-refractivity contribution >= 4 is 5.91 Å². The summed E-state index contributed by atoms with van der Waals surface area (Å²) in [6.45, 7) is 7.21. The highest BCUT2D eigenvalue weighted by molar-refractivity contribution is 5.73. The first-order chi connectivity index (χ1) is 5.40. The Bertz CT molecular complexity index is 155. The van der Waals surface area contributed by atoms with E-state index in [-0.39, 0.29) is 11.4 Å². The molecule has 1 amide bonds. The van der Waals surface area contributed by atoms with Crippen molar-refractivity contribution in [1.82, 2.24) is 4.90 Å². The van der Waals surface area contributed by atoms with Gasteiger partial charge in [0.05, 0.1) is 0 Å². The summed E-state index contributed by atoms with van der Waals surface area (Å²) in [5, 5.41) is 0. The van der Waals surface area contributed by atoms with Crippen LogP contribution in [0.1, 0.15) is 33.6 Å². The van der Waals surface area contributed by atoms with Crippen LogP contribution in [0, 0.1) is 0 Å². The van der Waals surface area contributed by atoms with Crippen LogP contribution in [-0.2, 0) is 4.79 Å². The maximum Gasteiger partial charge on any atom is 0.218 e. The lowest BCUT2D eigenvalue weighted by Gasteiger charge is -2.34. The highest BCUT2D eigenvalue weighted by Gasteiger charge is 2.20. The molecule has 3 heteroatoms. The van der Waals surface area contributed by atoms with Gasteiger partial charge >= 0.3 is 0 Å². The molecule has 0 fully saturated rings. The number of rotatable bonds is 5. The Morgan fingerprint density at radius 3 is 2.33 bits per heavy atom. The number of nitrogens with two attached hydrogens (primary N) is 1. The number of amides is 1. The molecule has 0 aliphatic carbocycles. The van der Waals surface area contributed by atoms with Crippen LogP contribution in [0.25, 0.3) is 0 Å². The van der Waals surface area contributed by atoms with Crippen molar-refractivity contribution in [2.45, 2.75) is 39.2 Å². The van der Waals surface area contributed by atoms with Crippen LogP contribution in [0.5, 0.6) is 0 Å². The molecule has 0 atom stereocenters. The third-order valence-corrected chi connectivity index (χ3v) is 2.59. The van der Waals surface area contributed by atoms with Gasteiger partial charge in [0.2, 0.25) is 5.91 Å². The molecule has 0 unspecified atom stereocenters. The number of hydrogen-bond acceptors (Lipinski definition) is 2. The van der Waals surface area contributed by atoms with E-state index in [0.717, 1.165) is 13.0 Å². The lowest BCUT2D eigenvalue weighted by atomic mass is 10.00. The predicted octanol–water partition coefficient (Wildman–Crippen LogP) is 0.982. The normalized spacial score (nSPS) is 12.1. The summed E-state index contributed by atoms with van der Waals surface area (Å²) in [6, 6.07) is 0. The fourth-order valence-electron chi connectivity index (χ4n) is 0.850. The minimum atomic E-state index is -0.228. The highest BCUT2D eigenvalue weighted by atomic mass is 16.1. The van der Waals surface area contributed by atoms with Gasteiger partial charge in [-0.3, -0.25) is 4.79 Å². The maximum absolute atomic E-state index is 10.5. The number of hydrogen-bond donors (Lipinski definition) is 1. The molecule has 0 aromatic heterocycles. The van der Waals surface area contributed by atoms with E-state index in [0.29, 0.717) is 6.42 Å². The number of carbonyl (C=O) groups is 1. The zero-order chi connectivity index (χ0) is 9.78. The zero-order valence-corrected chi connectivity index (χ0v) is 8.55. The monoisotopic (exact) mass is 172 g/mol. The molecule has 0 aliphatic heterocycles. The first-order valence-corrected chi connectivity index (χ1v) is 4.39. The molecule has 0 radical (unpaired) electrons. The molecule has 0 spiro atoms. The number of carbonyl (C=O) groups excluding carboxylic acids is 1. The van der Waals surface area contributed by atoms with E-state index < -0.39 is 0 Å². The first kappa shape index (κ1) is 11.4. The molecule has 0 heterocycles. The van der Waals surface area contributed by atoms with Gasteiger partial charge in [-0.1, -0.05) is 6.92 Å². The van der Waals surface area contributed by atoms with Gasteiger partial charge in [-0.15, -0.1) is 0 Å². The Kier molecular flexibility index (Phi) is 4.24. The Labute approximate surface area is 74.9 Å². The topological polar surface area (TPSA) is 46.3 Å². The van der Waals surface area contributed by atoms with E-state index in [4.69, 9.17) is 5.73 Å². The van der Waals surface area contributed by atoms with Crippen molar-refractivity contribution in [3.8, 4) is 0 Å². The van der Waals surface area contributed by atoms with Gasteiger partial charge < -0.3 is 10.6 Å². The number of nitrogens with zero attached hydrogens (tertiary/aromatic N) is 1. The van der Waals surface area contributed by atoms with E-state index in [2.05, 4.69) is 25.7 Å². The number of primary amides is 1. The summed E-state index contributed by atoms with van der Waals surface area (Å²) in [6.07, 6.45) is 1.52. The van der Waals surface area contributed by atoms with Gasteiger partial charge in [0.25, 0.3) is 0 Å². The van der Waals surface area contributed by atoms with Crippen LogP contribution in [0.2, 0.25) is 0 Å². The largest absolute Gasteiger partial charge is 0.370 e. The molecule has 0 bridgehead atoms. The van der Waals surface area contributed by atoms with Gasteiger partial charge in [-0.2, -0.15) is 0 Å². The molecule has 0 saturated carbocycles. The smallest absolute Gasteiger partial charge is 0.218 e. The first-order valence-electron chi connectivity index (χ1n) is 4.39. The van der Waals surface area contributed by atoms with Crippen molar-refractivity contribution in [2.24, 2.45) is 5.73 Å². The third kappa shape index (κ3) is 3.72. The fourth-order valence-corrected chi connectivity index (χ4v) is 0.850. The minimum absolute atomic E-state index is 0.162. The molecular formula is C9H20N2O. The van der Waals surface area contributed by atoms with E-state index in [1.807, 2.05) is 7.05 Å². The Balaban J connectivity index is 3.86. The van der Waals surface area contributed by atoms with E-state index in [1.165, 1.54) is 0 Å². The molecule has 2 N–H and O–H groups in total. The van der Waals surface area contributed by atoms with E-state index in [9.17, 15) is 4.79 Å². The average Bonchev–Trinajstić information content (AvgIpc) is 2.00. The SMILES string of the molecule is CCC(C)(C)N(C)CCC(N)=O. The maximum atomic E-state index is 10.5. The zero-order valence-electron chi connectivity index (χ0n) is 8.55. The van der Waals surface area contributed by atoms with Crippen molar-refractivity contribution in [3.63, 3.8) is 0 Å². The summed E-state index contributed by atoms with van der Waals surface area (Å²) in [5.74, 6) is -0.228. The Morgan fingerprint density at radius 1 is 1.50 bits per heavy atom. The molecule has 0 aromatic rings. The average molecular weight is 172 g/mol. The molecule has 0 aliphatic rings. The molecule has 0 saturated heterocycles. The Morgan fingerprint density at radius 2 is 2.00 bits per heavy atom. The van der Waals surface area contributed by atoms with E-state index >= 15 is 0 Å². The molecule has 0 rings (SSSR count). The van der Waals surface area contributed by atoms with Gasteiger partial charge in [0, 0.05) is 18.5 Å². The highest BCUT2D eigenvalue weighted by Crippen LogP contribution is 2.15. The van der Waals surface area contributed by atoms with Crippen molar-refractivity contribution < 1.29 is 4.79 Å². The molecular weight excluding hydrogens is 152 g/mol. The van der Waals surface area contributed by atoms with Gasteiger partial charge in [-0.25, -0.2) is 0 Å². The second-order valence-corrected chi connectivity index (χ2v) is 3.80. The predicted molar refractivity (Wildman–Crippen MR) is 50.8 cm³/mol. The quantitative estimate of drug-likeness (QED) is 0.672. The van der Waals surface area contributed by atoms with Crippen LogP contribution < -0.4 is 5.73 Å². The molecule has 72 valence electrons. The molecule has 12 heavy (non-hydrogen) atoms. The second-order valence-electron chi connectivity index (χ2n) is 3.80. The van der Waals surface area contributed by atoms with Gasteiger partial charge in [-0.05, 0) is 27.3 Å². The standard InChI is InChI=1S/C9H20N2O/c1-5-9(2,3)11(4)7-6-8(10)12/h5-7H2,1-4H3,(H2,10,12). The lowest BCUT2D eigenvalue weighted by molar-refractivity contribution is -0.118. The molecule has 0 aromatic carbocycles. The van der Waals surface area contributed by atoms with Crippen LogP contribution in [0.15, 0.2) is 0 Å². The van der Waals surface area contributed by atoms with Crippen molar-refractivity contribution in [2.75, 3.05) is 13.6 Å². The van der Waals surface area contributed by atoms with E-state index in [1.54, 1.807) is 0 Å². The molecule has 3 nitrogen and oxygen atoms in total. The fraction of sp³-hybridized carbons (Fsp3) is 0.889. The summed E-state index contributed by atoms with van der Waals surface area (Å²) in [7, 11) is 2.02. The van der Waals surface area contributed by atoms with Crippen molar-refractivity contribution in [3.05, 3.63) is 0 Å². The van der Waals surface area contributed by atoms with Gasteiger partial charge in [0.15, 0.2) is 0 Å². The summed E-state index contributed by atoms with van der Waals surface area (Å²) in [5.41, 5.74) is 5.22. The van der Waals surface area contributed by atoms with Crippen LogP contribution >= 0.6 is 0 Å². The summed E-state index contributed by atoms with van der Waals surface area (Å²) in [4.78, 5) is 12.7. The van der Waals surface area contributed by atoms with Crippen molar-refractivity contribution in [1.29, 1.82) is 0 Å². The lowest BCUT2D eigenvalue weighted by Crippen LogP contribution is -2.41. The van der Waals surface area contributed by atoms with Gasteiger partial charge in [0.1, 0.15) is 0 Å². The Hall–Kier alpha value is -0.570. The summed E-state index contributed by atoms with van der Waals surface area (Å²) >= 11 is 0. The second kappa shape index (κ2) is 4.45. The van der Waals surface area contributed by atoms with Crippen LogP contribution in [0.4, 0.5) is 0 Å². The van der Waals surface area contributed by atoms with Crippen LogP contribution in [-0.4, -0.2) is 29.9 Å². The van der Waals surface area contributed by atoms with Crippen LogP contribution in [0.3, 0.4) is 0 Å². The minimum Gasteiger partial charge on any atom is -0.370 e.